The SMILES string of the molecule is O=C1CN(c2ccc3cc(Br)ccc3n2)CCN1. The molecule has 4 nitrogen and oxygen atoms in total. The standard InChI is InChI=1S/C13H12BrN3O/c14-10-2-3-11-9(7-10)1-4-12(16-11)17-6-5-15-13(18)8-17/h1-4,7H,5-6,8H2,(H,15,18). The van der Waals surface area contributed by atoms with Crippen LogP contribution in [-0.2, 0) is 4.79 Å². The second-order valence-electron chi connectivity index (χ2n) is 4.28. The van der Waals surface area contributed by atoms with Crippen molar-refractivity contribution in [1.82, 2.24) is 10.3 Å². The highest BCUT2D eigenvalue weighted by Gasteiger charge is 2.17. The van der Waals surface area contributed by atoms with Gasteiger partial charge in [0.05, 0.1) is 12.1 Å². The molecule has 0 saturated carbocycles. The molecule has 0 unspecified atom stereocenters. The molecule has 0 radical (unpaired) electrons. The predicted octanol–water partition coefficient (Wildman–Crippen LogP) is 1.93. The fourth-order valence-electron chi connectivity index (χ4n) is 2.10. The number of hydrogen-bond acceptors (Lipinski definition) is 3. The molecule has 92 valence electrons. The largest absolute Gasteiger partial charge is 0.353 e. The van der Waals surface area contributed by atoms with Crippen molar-refractivity contribution in [3.8, 4) is 0 Å². The molecule has 2 heterocycles. The van der Waals surface area contributed by atoms with Crippen LogP contribution in [0.15, 0.2) is 34.8 Å². The Hall–Kier alpha value is -1.62. The molecule has 1 saturated heterocycles. The average Bonchev–Trinajstić information content (AvgIpc) is 2.38. The molecule has 1 aliphatic heterocycles. The number of benzene rings is 1. The third-order valence-electron chi connectivity index (χ3n) is 3.00. The van der Waals surface area contributed by atoms with Gasteiger partial charge in [-0.2, -0.15) is 0 Å². The van der Waals surface area contributed by atoms with Crippen LogP contribution in [0, 0.1) is 0 Å². The van der Waals surface area contributed by atoms with Crippen LogP contribution < -0.4 is 10.2 Å². The van der Waals surface area contributed by atoms with E-state index < -0.39 is 0 Å². The molecule has 0 aliphatic carbocycles. The lowest BCUT2D eigenvalue weighted by atomic mass is 10.2. The van der Waals surface area contributed by atoms with Crippen molar-refractivity contribution in [2.45, 2.75) is 0 Å². The minimum absolute atomic E-state index is 0.0546. The van der Waals surface area contributed by atoms with Crippen molar-refractivity contribution in [2.24, 2.45) is 0 Å². The summed E-state index contributed by atoms with van der Waals surface area (Å²) in [6.45, 7) is 1.87. The third-order valence-corrected chi connectivity index (χ3v) is 3.49. The maximum absolute atomic E-state index is 11.4. The second-order valence-corrected chi connectivity index (χ2v) is 5.19. The number of nitrogens with one attached hydrogen (secondary N) is 1. The number of amides is 1. The number of aromatic nitrogens is 1. The Morgan fingerprint density at radius 3 is 3.00 bits per heavy atom. The lowest BCUT2D eigenvalue weighted by molar-refractivity contribution is -0.120. The first-order valence-electron chi connectivity index (χ1n) is 5.80. The second kappa shape index (κ2) is 4.57. The molecular weight excluding hydrogens is 294 g/mol. The highest BCUT2D eigenvalue weighted by molar-refractivity contribution is 9.10. The first kappa shape index (κ1) is 11.5. The molecule has 0 spiro atoms. The van der Waals surface area contributed by atoms with E-state index in [0.717, 1.165) is 27.7 Å². The lowest BCUT2D eigenvalue weighted by Gasteiger charge is -2.27. The van der Waals surface area contributed by atoms with E-state index in [1.165, 1.54) is 0 Å². The third kappa shape index (κ3) is 2.18. The summed E-state index contributed by atoms with van der Waals surface area (Å²) in [6.07, 6.45) is 0. The van der Waals surface area contributed by atoms with Crippen molar-refractivity contribution in [2.75, 3.05) is 24.5 Å². The van der Waals surface area contributed by atoms with Crippen LogP contribution in [0.25, 0.3) is 10.9 Å². The van der Waals surface area contributed by atoms with Crippen LogP contribution in [0.2, 0.25) is 0 Å². The van der Waals surface area contributed by atoms with Gasteiger partial charge in [-0.05, 0) is 30.3 Å². The molecule has 2 aromatic rings. The van der Waals surface area contributed by atoms with Gasteiger partial charge in [-0.3, -0.25) is 4.79 Å². The zero-order valence-electron chi connectivity index (χ0n) is 9.69. The Balaban J connectivity index is 1.97. The molecule has 3 rings (SSSR count). The summed E-state index contributed by atoms with van der Waals surface area (Å²) in [6, 6.07) is 9.99. The minimum Gasteiger partial charge on any atom is -0.353 e. The number of hydrogen-bond donors (Lipinski definition) is 1. The van der Waals surface area contributed by atoms with Gasteiger partial charge >= 0.3 is 0 Å². The van der Waals surface area contributed by atoms with E-state index in [-0.39, 0.29) is 5.91 Å². The summed E-state index contributed by atoms with van der Waals surface area (Å²) in [7, 11) is 0. The zero-order chi connectivity index (χ0) is 12.5. The van der Waals surface area contributed by atoms with Crippen molar-refractivity contribution < 1.29 is 4.79 Å². The average molecular weight is 306 g/mol. The summed E-state index contributed by atoms with van der Waals surface area (Å²) in [5, 5.41) is 3.90. The fraction of sp³-hybridized carbons (Fsp3) is 0.231. The van der Waals surface area contributed by atoms with E-state index in [0.29, 0.717) is 13.1 Å². The topological polar surface area (TPSA) is 45.2 Å². The van der Waals surface area contributed by atoms with E-state index in [1.54, 1.807) is 0 Å². The zero-order valence-corrected chi connectivity index (χ0v) is 11.3. The van der Waals surface area contributed by atoms with E-state index >= 15 is 0 Å². The number of pyridine rings is 1. The summed E-state index contributed by atoms with van der Waals surface area (Å²) in [5.74, 6) is 0.915. The van der Waals surface area contributed by atoms with Crippen LogP contribution in [0.1, 0.15) is 0 Å². The maximum Gasteiger partial charge on any atom is 0.239 e. The van der Waals surface area contributed by atoms with Gasteiger partial charge < -0.3 is 10.2 Å². The molecule has 5 heteroatoms. The number of carbonyl (C=O) groups is 1. The lowest BCUT2D eigenvalue weighted by Crippen LogP contribution is -2.48. The molecule has 1 aliphatic rings. The van der Waals surface area contributed by atoms with Gasteiger partial charge in [0.15, 0.2) is 0 Å². The summed E-state index contributed by atoms with van der Waals surface area (Å²) in [5.41, 5.74) is 0.946. The van der Waals surface area contributed by atoms with E-state index in [2.05, 4.69) is 26.2 Å². The Labute approximate surface area is 113 Å². The minimum atomic E-state index is 0.0546. The van der Waals surface area contributed by atoms with Crippen molar-refractivity contribution in [1.29, 1.82) is 0 Å². The summed E-state index contributed by atoms with van der Waals surface area (Å²) < 4.78 is 1.04. The monoisotopic (exact) mass is 305 g/mol. The maximum atomic E-state index is 11.4. The number of carbonyl (C=O) groups excluding carboxylic acids is 1. The summed E-state index contributed by atoms with van der Waals surface area (Å²) in [4.78, 5) is 18.0. The Kier molecular flexibility index (Phi) is 2.91. The molecular formula is C13H12BrN3O. The van der Waals surface area contributed by atoms with E-state index in [4.69, 9.17) is 0 Å². The van der Waals surface area contributed by atoms with E-state index in [1.807, 2.05) is 35.2 Å². The molecule has 1 aromatic carbocycles. The summed E-state index contributed by atoms with van der Waals surface area (Å²) >= 11 is 3.44. The van der Waals surface area contributed by atoms with Crippen molar-refractivity contribution in [3.63, 3.8) is 0 Å². The van der Waals surface area contributed by atoms with Gasteiger partial charge in [-0.1, -0.05) is 15.9 Å². The van der Waals surface area contributed by atoms with Gasteiger partial charge in [0.2, 0.25) is 5.91 Å². The molecule has 1 aromatic heterocycles. The van der Waals surface area contributed by atoms with Gasteiger partial charge in [0, 0.05) is 22.9 Å². The highest BCUT2D eigenvalue weighted by atomic mass is 79.9. The van der Waals surface area contributed by atoms with Gasteiger partial charge in [-0.15, -0.1) is 0 Å². The van der Waals surface area contributed by atoms with Crippen LogP contribution in [-0.4, -0.2) is 30.5 Å². The normalized spacial score (nSPS) is 15.8. The number of anilines is 1. The number of nitrogens with zero attached hydrogens (tertiary/aromatic N) is 2. The molecule has 1 amide bonds. The number of halogens is 1. The first-order valence-corrected chi connectivity index (χ1v) is 6.60. The van der Waals surface area contributed by atoms with E-state index in [9.17, 15) is 4.79 Å². The van der Waals surface area contributed by atoms with Gasteiger partial charge in [0.1, 0.15) is 5.82 Å². The molecule has 0 atom stereocenters. The van der Waals surface area contributed by atoms with Crippen LogP contribution in [0.5, 0.6) is 0 Å². The molecule has 18 heavy (non-hydrogen) atoms. The fourth-order valence-corrected chi connectivity index (χ4v) is 2.47. The Bertz CT molecular complexity index is 614. The predicted molar refractivity (Wildman–Crippen MR) is 74.7 cm³/mol. The first-order chi connectivity index (χ1) is 8.72. The van der Waals surface area contributed by atoms with Crippen molar-refractivity contribution >= 4 is 38.6 Å². The highest BCUT2D eigenvalue weighted by Crippen LogP contribution is 2.21. The number of piperazine rings is 1. The quantitative estimate of drug-likeness (QED) is 0.876. The smallest absolute Gasteiger partial charge is 0.239 e. The Morgan fingerprint density at radius 1 is 1.28 bits per heavy atom. The molecule has 1 N–H and O–H groups in total. The van der Waals surface area contributed by atoms with Crippen LogP contribution in [0.3, 0.4) is 0 Å². The number of rotatable bonds is 1. The van der Waals surface area contributed by atoms with Crippen LogP contribution in [0.4, 0.5) is 5.82 Å². The van der Waals surface area contributed by atoms with Gasteiger partial charge in [0.25, 0.3) is 0 Å². The number of fused-ring (bicyclic) bond motifs is 1. The van der Waals surface area contributed by atoms with Gasteiger partial charge in [-0.25, -0.2) is 4.98 Å². The van der Waals surface area contributed by atoms with Crippen molar-refractivity contribution in [3.05, 3.63) is 34.8 Å². The molecule has 1 fully saturated rings. The van der Waals surface area contributed by atoms with Crippen LogP contribution >= 0.6 is 15.9 Å². The molecule has 0 bridgehead atoms. The Morgan fingerprint density at radius 2 is 2.17 bits per heavy atom.